The lowest BCUT2D eigenvalue weighted by Crippen LogP contribution is -2.27. The van der Waals surface area contributed by atoms with Crippen molar-refractivity contribution >= 4 is 41.5 Å². The largest absolute Gasteiger partial charge is 0.370 e. The van der Waals surface area contributed by atoms with E-state index in [1.165, 1.54) is 17.5 Å². The molecule has 0 saturated heterocycles. The van der Waals surface area contributed by atoms with Gasteiger partial charge in [0.2, 0.25) is 5.91 Å². The normalized spacial score (nSPS) is 13.4. The highest BCUT2D eigenvalue weighted by Gasteiger charge is 2.10. The molecule has 1 aromatic carbocycles. The van der Waals surface area contributed by atoms with Gasteiger partial charge in [0.1, 0.15) is 6.54 Å². The molecule has 1 amide bonds. The first-order valence-corrected chi connectivity index (χ1v) is 6.08. The van der Waals surface area contributed by atoms with E-state index in [4.69, 9.17) is 5.73 Å². The topological polar surface area (TPSA) is 79.5 Å². The van der Waals surface area contributed by atoms with Gasteiger partial charge in [-0.25, -0.2) is 4.99 Å². The first-order chi connectivity index (χ1) is 8.69. The molecule has 5 nitrogen and oxygen atoms in total. The second-order valence-electron chi connectivity index (χ2n) is 4.34. The van der Waals surface area contributed by atoms with E-state index in [1.54, 1.807) is 7.05 Å². The third-order valence-electron chi connectivity index (χ3n) is 3.04. The maximum Gasteiger partial charge on any atom is 0.241 e. The number of guanidine groups is 1. The summed E-state index contributed by atoms with van der Waals surface area (Å²) in [7, 11) is 1.57. The second-order valence-corrected chi connectivity index (χ2v) is 4.34. The lowest BCUT2D eigenvalue weighted by molar-refractivity contribution is -0.119. The number of fused-ring (bicyclic) bond motifs is 1. The number of carbonyl (C=O) groups excluding carboxylic acids is 1. The van der Waals surface area contributed by atoms with Crippen LogP contribution in [0.4, 0.5) is 5.69 Å². The van der Waals surface area contributed by atoms with Gasteiger partial charge in [-0.05, 0) is 42.5 Å². The molecule has 19 heavy (non-hydrogen) atoms. The number of nitrogens with one attached hydrogen (secondary N) is 2. The van der Waals surface area contributed by atoms with Gasteiger partial charge in [0, 0.05) is 12.7 Å². The zero-order chi connectivity index (χ0) is 13.0. The van der Waals surface area contributed by atoms with Crippen molar-refractivity contribution in [1.29, 1.82) is 0 Å². The van der Waals surface area contributed by atoms with Crippen LogP contribution in [0.2, 0.25) is 0 Å². The fourth-order valence-corrected chi connectivity index (χ4v) is 2.07. The maximum atomic E-state index is 11.0. The van der Waals surface area contributed by atoms with E-state index >= 15 is 0 Å². The Kier molecular flexibility index (Phi) is 6.07. The van der Waals surface area contributed by atoms with E-state index < -0.39 is 0 Å². The predicted octanol–water partition coefficient (Wildman–Crippen LogP) is 1.27. The van der Waals surface area contributed by atoms with Gasteiger partial charge in [0.15, 0.2) is 5.96 Å². The Balaban J connectivity index is 0.00000180. The van der Waals surface area contributed by atoms with E-state index in [0.29, 0.717) is 0 Å². The molecule has 0 fully saturated rings. The molecule has 0 radical (unpaired) electrons. The van der Waals surface area contributed by atoms with Crippen molar-refractivity contribution in [2.24, 2.45) is 10.7 Å². The summed E-state index contributed by atoms with van der Waals surface area (Å²) in [6.07, 6.45) is 3.51. The van der Waals surface area contributed by atoms with Crippen LogP contribution in [0.15, 0.2) is 23.2 Å². The van der Waals surface area contributed by atoms with E-state index in [2.05, 4.69) is 27.8 Å². The Morgan fingerprint density at radius 3 is 2.84 bits per heavy atom. The van der Waals surface area contributed by atoms with Crippen LogP contribution in [0.25, 0.3) is 0 Å². The molecule has 1 aliphatic rings. The summed E-state index contributed by atoms with van der Waals surface area (Å²) in [4.78, 5) is 15.0. The number of benzene rings is 1. The summed E-state index contributed by atoms with van der Waals surface area (Å²) >= 11 is 0. The summed E-state index contributed by atoms with van der Waals surface area (Å²) in [5.41, 5.74) is 9.43. The summed E-state index contributed by atoms with van der Waals surface area (Å²) < 4.78 is 0. The van der Waals surface area contributed by atoms with Gasteiger partial charge in [-0.2, -0.15) is 0 Å². The van der Waals surface area contributed by atoms with Crippen LogP contribution in [0, 0.1) is 0 Å². The summed E-state index contributed by atoms with van der Waals surface area (Å²) in [5, 5.41) is 5.49. The smallest absolute Gasteiger partial charge is 0.241 e. The highest BCUT2D eigenvalue weighted by atomic mass is 127. The fraction of sp³-hybridized carbons (Fsp3) is 0.385. The molecule has 0 saturated carbocycles. The number of aliphatic imine (C=N–C) groups is 1. The molecule has 4 N–H and O–H groups in total. The average Bonchev–Trinajstić information content (AvgIpc) is 2.83. The first-order valence-electron chi connectivity index (χ1n) is 6.08. The molecule has 1 aliphatic carbocycles. The Morgan fingerprint density at radius 2 is 2.11 bits per heavy atom. The monoisotopic (exact) mass is 374 g/mol. The number of rotatable bonds is 3. The first kappa shape index (κ1) is 15.7. The Labute approximate surface area is 130 Å². The molecule has 0 atom stereocenters. The number of likely N-dealkylation sites (N-methyl/N-ethyl adjacent to an activating group) is 1. The molecule has 6 heteroatoms. The third kappa shape index (κ3) is 4.38. The van der Waals surface area contributed by atoms with Crippen LogP contribution >= 0.6 is 24.0 Å². The van der Waals surface area contributed by atoms with E-state index in [1.807, 2.05) is 6.07 Å². The van der Waals surface area contributed by atoms with Crippen LogP contribution in [-0.4, -0.2) is 25.5 Å². The van der Waals surface area contributed by atoms with Crippen molar-refractivity contribution in [3.8, 4) is 0 Å². The van der Waals surface area contributed by atoms with Crippen LogP contribution in [0.3, 0.4) is 0 Å². The van der Waals surface area contributed by atoms with Crippen LogP contribution < -0.4 is 16.4 Å². The quantitative estimate of drug-likeness (QED) is 0.424. The van der Waals surface area contributed by atoms with E-state index in [0.717, 1.165) is 18.5 Å². The van der Waals surface area contributed by atoms with Gasteiger partial charge in [0.05, 0.1) is 0 Å². The van der Waals surface area contributed by atoms with Crippen LogP contribution in [-0.2, 0) is 17.6 Å². The standard InChI is InChI=1S/C13H18N4O.HI/c1-15-12(18)8-16-13(14)17-11-6-5-9-3-2-4-10(9)7-11;/h5-7H,2-4,8H2,1H3,(H,15,18)(H3,14,16,17);1H. The van der Waals surface area contributed by atoms with Gasteiger partial charge in [-0.15, -0.1) is 24.0 Å². The highest BCUT2D eigenvalue weighted by molar-refractivity contribution is 14.0. The SMILES string of the molecule is CNC(=O)CN=C(N)Nc1ccc2c(c1)CCC2.I. The van der Waals surface area contributed by atoms with E-state index in [9.17, 15) is 4.79 Å². The number of nitrogens with two attached hydrogens (primary N) is 1. The van der Waals surface area contributed by atoms with E-state index in [-0.39, 0.29) is 42.4 Å². The second kappa shape index (κ2) is 7.32. The van der Waals surface area contributed by atoms with Crippen LogP contribution in [0.1, 0.15) is 17.5 Å². The predicted molar refractivity (Wildman–Crippen MR) is 88.1 cm³/mol. The molecule has 0 aromatic heterocycles. The lowest BCUT2D eigenvalue weighted by atomic mass is 10.1. The number of hydrogen-bond donors (Lipinski definition) is 3. The minimum absolute atomic E-state index is 0. The number of anilines is 1. The minimum Gasteiger partial charge on any atom is -0.370 e. The van der Waals surface area contributed by atoms with Crippen molar-refractivity contribution in [3.05, 3.63) is 29.3 Å². The number of hydrogen-bond acceptors (Lipinski definition) is 2. The van der Waals surface area contributed by atoms with Crippen molar-refractivity contribution < 1.29 is 4.79 Å². The number of halogens is 1. The van der Waals surface area contributed by atoms with Gasteiger partial charge in [0.25, 0.3) is 0 Å². The van der Waals surface area contributed by atoms with Crippen molar-refractivity contribution in [2.75, 3.05) is 18.9 Å². The maximum absolute atomic E-state index is 11.0. The molecule has 1 aromatic rings. The zero-order valence-electron chi connectivity index (χ0n) is 10.9. The Hall–Kier alpha value is -1.31. The lowest BCUT2D eigenvalue weighted by Gasteiger charge is -2.07. The Morgan fingerprint density at radius 1 is 1.37 bits per heavy atom. The average molecular weight is 374 g/mol. The molecule has 0 aliphatic heterocycles. The molecule has 0 heterocycles. The molecule has 104 valence electrons. The fourth-order valence-electron chi connectivity index (χ4n) is 2.07. The minimum atomic E-state index is -0.159. The van der Waals surface area contributed by atoms with Crippen molar-refractivity contribution in [2.45, 2.75) is 19.3 Å². The summed E-state index contributed by atoms with van der Waals surface area (Å²) in [6.45, 7) is 0.0419. The molecular weight excluding hydrogens is 355 g/mol. The van der Waals surface area contributed by atoms with Gasteiger partial charge in [-0.3, -0.25) is 4.79 Å². The zero-order valence-corrected chi connectivity index (χ0v) is 13.2. The van der Waals surface area contributed by atoms with Gasteiger partial charge in [-0.1, -0.05) is 6.07 Å². The van der Waals surface area contributed by atoms with Crippen molar-refractivity contribution in [3.63, 3.8) is 0 Å². The third-order valence-corrected chi connectivity index (χ3v) is 3.04. The number of aryl methyl sites for hydroxylation is 2. The van der Waals surface area contributed by atoms with Crippen LogP contribution in [0.5, 0.6) is 0 Å². The summed E-state index contributed by atoms with van der Waals surface area (Å²) in [5.74, 6) is 0.102. The Bertz CT molecular complexity index is 488. The number of amides is 1. The molecule has 0 spiro atoms. The van der Waals surface area contributed by atoms with Gasteiger partial charge < -0.3 is 16.4 Å². The van der Waals surface area contributed by atoms with Crippen molar-refractivity contribution in [1.82, 2.24) is 5.32 Å². The number of carbonyl (C=O) groups is 1. The van der Waals surface area contributed by atoms with Gasteiger partial charge >= 0.3 is 0 Å². The molecule has 2 rings (SSSR count). The highest BCUT2D eigenvalue weighted by Crippen LogP contribution is 2.24. The molecular formula is C13H19IN4O. The molecule has 0 unspecified atom stereocenters. The number of nitrogens with zero attached hydrogens (tertiary/aromatic N) is 1. The molecule has 0 bridgehead atoms. The summed E-state index contributed by atoms with van der Waals surface area (Å²) in [6, 6.07) is 6.22.